The van der Waals surface area contributed by atoms with Crippen LogP contribution in [-0.2, 0) is 89.8 Å². The molecule has 14 aromatic rings. The van der Waals surface area contributed by atoms with Crippen molar-refractivity contribution in [3.8, 4) is 0 Å². The van der Waals surface area contributed by atoms with Crippen LogP contribution >= 0.6 is 0 Å². The highest BCUT2D eigenvalue weighted by Crippen LogP contribution is 2.42. The van der Waals surface area contributed by atoms with Crippen molar-refractivity contribution in [1.29, 1.82) is 0 Å². The molecule has 15 rings (SSSR count). The van der Waals surface area contributed by atoms with Gasteiger partial charge in [-0.25, -0.2) is 61.5 Å². The Morgan fingerprint density at radius 1 is 0.263 bits per heavy atom. The van der Waals surface area contributed by atoms with Crippen LogP contribution in [0, 0.1) is 81.4 Å². The summed E-state index contributed by atoms with van der Waals surface area (Å²) in [5.41, 5.74) is -9.00. The third kappa shape index (κ3) is 31.8. The summed E-state index contributed by atoms with van der Waals surface area (Å²) < 4.78 is 204. The maximum Gasteiger partial charge on any atom is 0.139 e. The van der Waals surface area contributed by atoms with E-state index in [9.17, 15) is 92.1 Å². The molecule has 1 aliphatic heterocycles. The van der Waals surface area contributed by atoms with Gasteiger partial charge in [0.2, 0.25) is 0 Å². The average Bonchev–Trinajstić information content (AvgIpc) is 1.60. The van der Waals surface area contributed by atoms with Crippen molar-refractivity contribution in [2.45, 2.75) is 127 Å². The second-order valence-electron chi connectivity index (χ2n) is 31.9. The van der Waals surface area contributed by atoms with Crippen LogP contribution in [0.15, 0.2) is 257 Å². The van der Waals surface area contributed by atoms with Gasteiger partial charge < -0.3 is 67.3 Å². The average molecular weight is 1920 g/mol. The molecule has 0 radical (unpaired) electrons. The summed E-state index contributed by atoms with van der Waals surface area (Å²) in [6, 6.07) is 34.7. The molecule has 1 saturated heterocycles. The van der Waals surface area contributed by atoms with Crippen LogP contribution in [0.1, 0.15) is 80.5 Å². The summed E-state index contributed by atoms with van der Waals surface area (Å²) in [5, 5.41) is 111. The fourth-order valence-electron chi connectivity index (χ4n) is 14.5. The molecule has 7 aromatic heterocycles. The molecule has 1 aliphatic rings. The van der Waals surface area contributed by atoms with E-state index in [0.717, 1.165) is 78.9 Å². The number of halogens is 14. The summed E-state index contributed by atoms with van der Waals surface area (Å²) in [5.74, 6) is -9.78. The lowest BCUT2D eigenvalue weighted by Crippen LogP contribution is -2.42. The van der Waals surface area contributed by atoms with E-state index in [1.54, 1.807) is 134 Å². The van der Waals surface area contributed by atoms with Crippen LogP contribution in [0.5, 0.6) is 0 Å². The monoisotopic (exact) mass is 1920 g/mol. The first-order valence-corrected chi connectivity index (χ1v) is 43.7. The summed E-state index contributed by atoms with van der Waals surface area (Å²) in [7, 11) is 0. The topological polar surface area (TPSA) is 331 Å². The first-order chi connectivity index (χ1) is 65.5. The third-order valence-electron chi connectivity index (χ3n) is 21.4. The molecule has 0 aliphatic carbocycles. The lowest BCUT2D eigenvalue weighted by molar-refractivity contribution is 0.0122. The van der Waals surface area contributed by atoms with Crippen molar-refractivity contribution in [2.75, 3.05) is 85.1 Å². The number of benzene rings is 7. The Labute approximate surface area is 782 Å². The predicted octanol–water partition coefficient (Wildman–Crippen LogP) is 12.0. The van der Waals surface area contributed by atoms with Crippen molar-refractivity contribution in [3.05, 3.63) is 377 Å². The molecule has 8 heterocycles. The number of rotatable bonds is 39. The lowest BCUT2D eigenvalue weighted by Gasteiger charge is -2.29. The highest BCUT2D eigenvalue weighted by Gasteiger charge is 2.49. The van der Waals surface area contributed by atoms with Crippen LogP contribution in [0.25, 0.3) is 0 Å². The van der Waals surface area contributed by atoms with Crippen molar-refractivity contribution in [1.82, 2.24) is 100 Å². The third-order valence-corrected chi connectivity index (χ3v) is 21.4. The van der Waals surface area contributed by atoms with Gasteiger partial charge in [-0.1, -0.05) is 84.0 Å². The second kappa shape index (κ2) is 51.6. The van der Waals surface area contributed by atoms with E-state index >= 15 is 0 Å². The minimum Gasteiger partial charge on any atom is -0.382 e. The van der Waals surface area contributed by atoms with E-state index < -0.39 is 121 Å². The largest absolute Gasteiger partial charge is 0.382 e. The molecule has 736 valence electrons. The molecular formula is C96H112F14N20O7. The van der Waals surface area contributed by atoms with Gasteiger partial charge in [0.1, 0.15) is 121 Å². The number of hydrogen-bond donors (Lipinski definition) is 12. The SMILES string of the molecule is CCNCC(O)(Cn1cccn1)c1ccc(F)cc1F.CCNCC(O)(Cn1cccn1)c1ccc(F)cc1F.CCNCC(O)(Cn1cccn1)c1ccc(F)cc1F.CCNCC(O)(Cn1cccn1)c1ccc(F)cc1F.CCNCC(O)(Cn1cccn1)c1ccc(F)cc1F.CCNCC(O)(Cn1cccn1)c1ccc(F)cc1F.Fc1ccc(C2(Cn3cccn3)CO2)c(F)c1. The lowest BCUT2D eigenvalue weighted by atomic mass is 9.93. The molecule has 0 amide bonds. The number of hydrogen-bond acceptors (Lipinski definition) is 20. The standard InChI is InChI=1S/6C14H17F2N3O.C12H10F2N2O/c6*1-2-17-9-14(20,10-19-7-3-6-18-19)12-5-4-11(15)8-13(12)16;13-9-2-3-10(11(14)6-9)12(8-17-12)7-16-5-1-4-15-16/h6*3-8,17,20H,2,9-10H2,1H3;1-6H,7-8H2. The molecular weight excluding hydrogens is 1810 g/mol. The summed E-state index contributed by atoms with van der Waals surface area (Å²) >= 11 is 0. The number of ether oxygens (including phenoxy) is 1. The number of epoxide rings is 1. The van der Waals surface area contributed by atoms with Gasteiger partial charge in [0.25, 0.3) is 0 Å². The van der Waals surface area contributed by atoms with Gasteiger partial charge >= 0.3 is 0 Å². The van der Waals surface area contributed by atoms with Crippen molar-refractivity contribution >= 4 is 0 Å². The maximum atomic E-state index is 13.9. The zero-order chi connectivity index (χ0) is 99.4. The van der Waals surface area contributed by atoms with Crippen LogP contribution < -0.4 is 31.9 Å². The summed E-state index contributed by atoms with van der Waals surface area (Å²) in [4.78, 5) is 0. The number of nitrogens with zero attached hydrogens (tertiary/aromatic N) is 14. The smallest absolute Gasteiger partial charge is 0.139 e. The van der Waals surface area contributed by atoms with E-state index in [-0.39, 0.29) is 112 Å². The summed E-state index contributed by atoms with van der Waals surface area (Å²) in [6.07, 6.45) is 23.0. The maximum absolute atomic E-state index is 13.9. The second-order valence-corrected chi connectivity index (χ2v) is 31.9. The highest BCUT2D eigenvalue weighted by molar-refractivity contribution is 5.33. The quantitative estimate of drug-likeness (QED) is 0.0126. The molecule has 0 saturated carbocycles. The van der Waals surface area contributed by atoms with Gasteiger partial charge in [0, 0.05) is 207 Å². The molecule has 0 spiro atoms. The normalized spacial score (nSPS) is 15.3. The van der Waals surface area contributed by atoms with Crippen LogP contribution in [-0.4, -0.2) is 184 Å². The van der Waals surface area contributed by atoms with E-state index in [2.05, 4.69) is 67.6 Å². The van der Waals surface area contributed by atoms with Gasteiger partial charge in [-0.15, -0.1) is 0 Å². The molecule has 137 heavy (non-hydrogen) atoms. The van der Waals surface area contributed by atoms with Crippen LogP contribution in [0.2, 0.25) is 0 Å². The zero-order valence-electron chi connectivity index (χ0n) is 76.0. The Balaban J connectivity index is 0.000000179. The Hall–Kier alpha value is -12.5. The Morgan fingerprint density at radius 2 is 0.431 bits per heavy atom. The molecule has 1 fully saturated rings. The Bertz CT molecular complexity index is 5100. The van der Waals surface area contributed by atoms with Crippen LogP contribution in [0.3, 0.4) is 0 Å². The molecule has 7 aromatic carbocycles. The highest BCUT2D eigenvalue weighted by atomic mass is 19.2. The zero-order valence-corrected chi connectivity index (χ0v) is 76.0. The molecule has 12 N–H and O–H groups in total. The number of likely N-dealkylation sites (N-methyl/N-ethyl adjacent to an activating group) is 6. The van der Waals surface area contributed by atoms with E-state index in [1.807, 2.05) is 41.5 Å². The number of aromatic nitrogens is 14. The number of aliphatic hydroxyl groups is 6. The van der Waals surface area contributed by atoms with E-state index in [1.165, 1.54) is 76.6 Å². The molecule has 7 atom stereocenters. The van der Waals surface area contributed by atoms with Gasteiger partial charge in [-0.2, -0.15) is 35.7 Å². The van der Waals surface area contributed by atoms with Crippen molar-refractivity contribution in [3.63, 3.8) is 0 Å². The molecule has 41 heteroatoms. The molecule has 27 nitrogen and oxygen atoms in total. The van der Waals surface area contributed by atoms with Gasteiger partial charge in [-0.05, 0) is 124 Å². The fraction of sp³-hybridized carbons (Fsp3) is 0.344. The van der Waals surface area contributed by atoms with E-state index in [0.29, 0.717) is 58.0 Å². The summed E-state index contributed by atoms with van der Waals surface area (Å²) in [6.45, 7) is 17.3. The molecule has 7 unspecified atom stereocenters. The Morgan fingerprint density at radius 3 is 0.577 bits per heavy atom. The van der Waals surface area contributed by atoms with Gasteiger partial charge in [0.05, 0.1) is 52.4 Å². The van der Waals surface area contributed by atoms with Crippen molar-refractivity contribution < 1.29 is 96.8 Å². The minimum atomic E-state index is -1.50. The van der Waals surface area contributed by atoms with Crippen LogP contribution in [0.4, 0.5) is 61.5 Å². The molecule has 0 bridgehead atoms. The predicted molar refractivity (Wildman–Crippen MR) is 482 cm³/mol. The number of nitrogens with one attached hydrogen (secondary N) is 6. The van der Waals surface area contributed by atoms with Gasteiger partial charge in [-0.3, -0.25) is 32.8 Å². The first kappa shape index (κ1) is 108. The van der Waals surface area contributed by atoms with E-state index in [4.69, 9.17) is 4.74 Å². The van der Waals surface area contributed by atoms with Gasteiger partial charge in [0.15, 0.2) is 0 Å². The minimum absolute atomic E-state index is 0.0513. The fourth-order valence-corrected chi connectivity index (χ4v) is 14.5. The first-order valence-electron chi connectivity index (χ1n) is 43.7. The Kier molecular flexibility index (Phi) is 40.8. The van der Waals surface area contributed by atoms with Crippen molar-refractivity contribution in [2.24, 2.45) is 0 Å².